The maximum Gasteiger partial charge on any atom is 0.101 e. The van der Waals surface area contributed by atoms with Crippen LogP contribution in [0, 0.1) is 6.92 Å². The van der Waals surface area contributed by atoms with Gasteiger partial charge < -0.3 is 0 Å². The molecule has 1 unspecified atom stereocenters. The minimum atomic E-state index is 0.0554. The molecule has 0 spiro atoms. The van der Waals surface area contributed by atoms with Crippen LogP contribution in [0.2, 0.25) is 0 Å². The summed E-state index contributed by atoms with van der Waals surface area (Å²) in [6.45, 7) is 14.6. The summed E-state index contributed by atoms with van der Waals surface area (Å²) in [5.41, 5.74) is 11.8. The molecule has 0 saturated carbocycles. The lowest BCUT2D eigenvalue weighted by Crippen LogP contribution is -2.34. The van der Waals surface area contributed by atoms with Gasteiger partial charge in [-0.3, -0.25) is 10.4 Å². The number of hydrazine groups is 1. The average molecular weight is 457 g/mol. The van der Waals surface area contributed by atoms with E-state index in [4.69, 9.17) is 0 Å². The van der Waals surface area contributed by atoms with Crippen molar-refractivity contribution in [2.75, 3.05) is 0 Å². The molecule has 32 heavy (non-hydrogen) atoms. The van der Waals surface area contributed by atoms with Crippen molar-refractivity contribution >= 4 is 28.7 Å². The van der Waals surface area contributed by atoms with Gasteiger partial charge in [0.2, 0.25) is 0 Å². The highest BCUT2D eigenvalue weighted by molar-refractivity contribution is 8.03. The van der Waals surface area contributed by atoms with Crippen LogP contribution in [0.15, 0.2) is 112 Å². The third kappa shape index (κ3) is 4.34. The predicted molar refractivity (Wildman–Crippen MR) is 140 cm³/mol. The van der Waals surface area contributed by atoms with Gasteiger partial charge in [0.05, 0.1) is 10.6 Å². The molecule has 3 aromatic rings. The van der Waals surface area contributed by atoms with E-state index in [1.165, 1.54) is 37.8 Å². The van der Waals surface area contributed by atoms with E-state index >= 15 is 0 Å². The summed E-state index contributed by atoms with van der Waals surface area (Å²) < 4.78 is 0. The van der Waals surface area contributed by atoms with E-state index in [1.54, 1.807) is 23.1 Å². The number of aryl methyl sites for hydroxylation is 1. The first-order valence-corrected chi connectivity index (χ1v) is 12.4. The second-order valence-electron chi connectivity index (χ2n) is 7.77. The maximum absolute atomic E-state index is 4.33. The Labute approximate surface area is 199 Å². The summed E-state index contributed by atoms with van der Waals surface area (Å²) in [4.78, 5) is 2.44. The lowest BCUT2D eigenvalue weighted by Gasteiger charge is -2.31. The van der Waals surface area contributed by atoms with Gasteiger partial charge in [-0.2, -0.15) is 11.3 Å². The quantitative estimate of drug-likeness (QED) is 0.362. The van der Waals surface area contributed by atoms with Gasteiger partial charge >= 0.3 is 0 Å². The number of rotatable bonds is 7. The molecular weight excluding hydrogens is 428 g/mol. The highest BCUT2D eigenvalue weighted by Gasteiger charge is 2.31. The molecular formula is C28H28N2S2. The lowest BCUT2D eigenvalue weighted by molar-refractivity contribution is 0.247. The van der Waals surface area contributed by atoms with E-state index in [9.17, 15) is 0 Å². The van der Waals surface area contributed by atoms with Gasteiger partial charge in [0.25, 0.3) is 0 Å². The van der Waals surface area contributed by atoms with Crippen molar-refractivity contribution in [2.24, 2.45) is 0 Å². The molecule has 0 amide bonds. The molecule has 0 aliphatic carbocycles. The van der Waals surface area contributed by atoms with Gasteiger partial charge in [-0.15, -0.1) is 0 Å². The number of benzene rings is 2. The van der Waals surface area contributed by atoms with Crippen molar-refractivity contribution in [3.05, 3.63) is 129 Å². The van der Waals surface area contributed by atoms with E-state index in [1.807, 2.05) is 13.0 Å². The first kappa shape index (κ1) is 22.3. The van der Waals surface area contributed by atoms with Crippen molar-refractivity contribution in [1.82, 2.24) is 10.4 Å². The molecule has 1 atom stereocenters. The third-order valence-corrected chi connectivity index (χ3v) is 7.86. The molecule has 1 aliphatic heterocycles. The predicted octanol–water partition coefficient (Wildman–Crippen LogP) is 8.09. The zero-order valence-electron chi connectivity index (χ0n) is 18.8. The van der Waals surface area contributed by atoms with Gasteiger partial charge in [-0.25, -0.2) is 0 Å². The molecule has 1 N–H and O–H groups in total. The van der Waals surface area contributed by atoms with Crippen LogP contribution >= 0.6 is 23.1 Å². The first-order chi connectivity index (χ1) is 15.5. The monoisotopic (exact) mass is 456 g/mol. The standard InChI is InChI=1S/C28H28N2S2/c1-6-22(7-2)23-12-14-24(15-13-23)27(25-16-17-31-18-25)30-21(5)28(20(4)29-30)32-26-11-9-8-10-19(26)3/h6-18,27,29H,1,4H2,2-3,5H3/b22-7+. The minimum absolute atomic E-state index is 0.0554. The van der Waals surface area contributed by atoms with Crippen LogP contribution < -0.4 is 5.43 Å². The highest BCUT2D eigenvalue weighted by Crippen LogP contribution is 2.43. The van der Waals surface area contributed by atoms with Crippen molar-refractivity contribution in [3.63, 3.8) is 0 Å². The maximum atomic E-state index is 4.33. The fourth-order valence-electron chi connectivity index (χ4n) is 3.96. The second-order valence-corrected chi connectivity index (χ2v) is 9.60. The van der Waals surface area contributed by atoms with Crippen molar-refractivity contribution in [3.8, 4) is 0 Å². The Bertz CT molecular complexity index is 1180. The molecule has 1 aromatic heterocycles. The van der Waals surface area contributed by atoms with Crippen LogP contribution in [-0.4, -0.2) is 5.01 Å². The van der Waals surface area contributed by atoms with Crippen LogP contribution in [-0.2, 0) is 0 Å². The number of allylic oxidation sites excluding steroid dienone is 4. The van der Waals surface area contributed by atoms with E-state index < -0.39 is 0 Å². The summed E-state index contributed by atoms with van der Waals surface area (Å²) in [5.74, 6) is 0. The lowest BCUT2D eigenvalue weighted by atomic mass is 9.97. The highest BCUT2D eigenvalue weighted by atomic mass is 32.2. The zero-order valence-corrected chi connectivity index (χ0v) is 20.4. The van der Waals surface area contributed by atoms with Crippen LogP contribution in [0.4, 0.5) is 0 Å². The number of hydrogen-bond donors (Lipinski definition) is 1. The third-order valence-electron chi connectivity index (χ3n) is 5.73. The smallest absolute Gasteiger partial charge is 0.101 e. The molecule has 0 saturated heterocycles. The fourth-order valence-corrected chi connectivity index (χ4v) is 5.65. The Morgan fingerprint density at radius 2 is 1.81 bits per heavy atom. The SMILES string of the molecule is C=C/C(=C\C)c1ccc(C(c2ccsc2)N2NC(=C)C(Sc3ccccc3C)=C2C)cc1. The van der Waals surface area contributed by atoms with Crippen molar-refractivity contribution in [1.29, 1.82) is 0 Å². The average Bonchev–Trinajstić information content (AvgIpc) is 3.42. The molecule has 4 heteroatoms. The summed E-state index contributed by atoms with van der Waals surface area (Å²) in [7, 11) is 0. The van der Waals surface area contributed by atoms with E-state index in [0.717, 1.165) is 11.3 Å². The Balaban J connectivity index is 1.72. The van der Waals surface area contributed by atoms with E-state index in [2.05, 4.69) is 109 Å². The molecule has 2 nitrogen and oxygen atoms in total. The van der Waals surface area contributed by atoms with E-state index in [0.29, 0.717) is 0 Å². The van der Waals surface area contributed by atoms with E-state index in [-0.39, 0.29) is 6.04 Å². The number of hydrogen-bond acceptors (Lipinski definition) is 4. The van der Waals surface area contributed by atoms with Crippen molar-refractivity contribution in [2.45, 2.75) is 31.7 Å². The van der Waals surface area contributed by atoms with Gasteiger partial charge in [0, 0.05) is 10.6 Å². The van der Waals surface area contributed by atoms with Gasteiger partial charge in [-0.05, 0) is 71.5 Å². The van der Waals surface area contributed by atoms with Crippen LogP contribution in [0.1, 0.15) is 42.1 Å². The Morgan fingerprint density at radius 1 is 1.06 bits per heavy atom. The summed E-state index contributed by atoms with van der Waals surface area (Å²) >= 11 is 3.50. The number of nitrogens with zero attached hydrogens (tertiary/aromatic N) is 1. The number of nitrogens with one attached hydrogen (secondary N) is 1. The Morgan fingerprint density at radius 3 is 2.44 bits per heavy atom. The number of thiophene rings is 1. The topological polar surface area (TPSA) is 15.3 Å². The molecule has 0 bridgehead atoms. The molecule has 0 radical (unpaired) electrons. The normalized spacial score (nSPS) is 15.2. The first-order valence-electron chi connectivity index (χ1n) is 10.6. The molecule has 4 rings (SSSR count). The van der Waals surface area contributed by atoms with Gasteiger partial charge in [-0.1, -0.05) is 79.5 Å². The van der Waals surface area contributed by atoms with Crippen LogP contribution in [0.25, 0.3) is 5.57 Å². The summed E-state index contributed by atoms with van der Waals surface area (Å²) in [6.07, 6.45) is 3.99. The van der Waals surface area contributed by atoms with Crippen LogP contribution in [0.3, 0.4) is 0 Å². The summed E-state index contributed by atoms with van der Waals surface area (Å²) in [5, 5.41) is 6.62. The van der Waals surface area contributed by atoms with Crippen molar-refractivity contribution < 1.29 is 0 Å². The second kappa shape index (κ2) is 9.68. The molecule has 1 aliphatic rings. The minimum Gasteiger partial charge on any atom is -0.297 e. The largest absolute Gasteiger partial charge is 0.297 e. The molecule has 162 valence electrons. The fraction of sp³-hybridized carbons (Fsp3) is 0.143. The Kier molecular flexibility index (Phi) is 6.73. The van der Waals surface area contributed by atoms with Crippen LogP contribution in [0.5, 0.6) is 0 Å². The Hall–Kier alpha value is -2.95. The molecule has 2 heterocycles. The zero-order chi connectivity index (χ0) is 22.7. The molecule has 0 fully saturated rings. The van der Waals surface area contributed by atoms with Gasteiger partial charge in [0.1, 0.15) is 6.04 Å². The van der Waals surface area contributed by atoms with Gasteiger partial charge in [0.15, 0.2) is 0 Å². The molecule has 2 aromatic carbocycles. The number of thioether (sulfide) groups is 1. The summed E-state index contributed by atoms with van der Waals surface area (Å²) in [6, 6.07) is 19.5.